The maximum Gasteiger partial charge on any atom is 0.160 e. The van der Waals surface area contributed by atoms with Gasteiger partial charge in [0.2, 0.25) is 0 Å². The molecule has 3 heteroatoms. The molecule has 2 heterocycles. The van der Waals surface area contributed by atoms with E-state index in [4.69, 9.17) is 14.7 Å². The van der Waals surface area contributed by atoms with Crippen molar-refractivity contribution in [2.45, 2.75) is 10.8 Å². The van der Waals surface area contributed by atoms with Crippen molar-refractivity contribution >= 4 is 10.8 Å². The average molecular weight is 929 g/mol. The fourth-order valence-electron chi connectivity index (χ4n) is 13.0. The topological polar surface area (TPSA) is 35.0 Å². The van der Waals surface area contributed by atoms with Crippen molar-refractivity contribution in [3.8, 4) is 78.8 Å². The summed E-state index contributed by atoms with van der Waals surface area (Å²) in [5.41, 5.74) is 20.8. The second-order valence-electron chi connectivity index (χ2n) is 19.4. The van der Waals surface area contributed by atoms with Gasteiger partial charge in [0.15, 0.2) is 5.82 Å². The van der Waals surface area contributed by atoms with Gasteiger partial charge in [0.25, 0.3) is 0 Å². The van der Waals surface area contributed by atoms with Gasteiger partial charge in [-0.3, -0.25) is 0 Å². The minimum Gasteiger partial charge on any atom is -0.457 e. The molecule has 0 saturated carbocycles. The van der Waals surface area contributed by atoms with Gasteiger partial charge in [-0.2, -0.15) is 0 Å². The fraction of sp³-hybridized carbons (Fsp3) is 0.0286. The number of para-hydroxylation sites is 2. The van der Waals surface area contributed by atoms with Crippen LogP contribution in [-0.2, 0) is 10.8 Å². The minimum absolute atomic E-state index is 0.603. The predicted octanol–water partition coefficient (Wildman–Crippen LogP) is 17.1. The molecule has 1 aromatic heterocycles. The van der Waals surface area contributed by atoms with Crippen molar-refractivity contribution in [1.82, 2.24) is 9.97 Å². The third-order valence-corrected chi connectivity index (χ3v) is 15.9. The van der Waals surface area contributed by atoms with E-state index >= 15 is 0 Å². The van der Waals surface area contributed by atoms with E-state index in [1.54, 1.807) is 0 Å². The van der Waals surface area contributed by atoms with Gasteiger partial charge in [-0.1, -0.05) is 249 Å². The molecule has 340 valence electrons. The first kappa shape index (κ1) is 41.4. The van der Waals surface area contributed by atoms with E-state index in [0.29, 0.717) is 5.82 Å². The minimum atomic E-state index is -0.618. The highest BCUT2D eigenvalue weighted by molar-refractivity contribution is 6.05. The Bertz CT molecular complexity index is 4080. The Labute approximate surface area is 424 Å². The average Bonchev–Trinajstić information content (AvgIpc) is 3.90. The molecule has 0 atom stereocenters. The number of ether oxygens (including phenoxy) is 1. The summed E-state index contributed by atoms with van der Waals surface area (Å²) < 4.78 is 6.74. The standard InChI is InChI=1S/C70H44N2O/c1-3-20-45(21-4-1)49-42-43-53(52-25-8-7-24-51(49)52)64-44-63(47-22-5-2-6-23-47)71-68(72-64)48-40-38-46(39-41-48)50-27-19-35-62-67(50)54-26-9-10-28-55(54)69(62)56-29-11-13-31-58(56)70(59-32-14-12-30-57(59)69)60-33-15-17-36-65(60)73-66-37-18-16-34-61(66)70/h1-44H. The molecule has 0 bridgehead atoms. The first-order valence-corrected chi connectivity index (χ1v) is 25.1. The maximum atomic E-state index is 6.74. The summed E-state index contributed by atoms with van der Waals surface area (Å²) in [4.78, 5) is 10.7. The van der Waals surface area contributed by atoms with Crippen LogP contribution in [-0.4, -0.2) is 9.97 Å². The lowest BCUT2D eigenvalue weighted by Crippen LogP contribution is -2.45. The third kappa shape index (κ3) is 5.88. The molecular weight excluding hydrogens is 885 g/mol. The molecule has 0 saturated heterocycles. The van der Waals surface area contributed by atoms with Crippen LogP contribution in [0.1, 0.15) is 44.5 Å². The van der Waals surface area contributed by atoms with Crippen molar-refractivity contribution in [1.29, 1.82) is 0 Å². The molecule has 3 aliphatic rings. The van der Waals surface area contributed by atoms with E-state index in [9.17, 15) is 0 Å². The van der Waals surface area contributed by atoms with Crippen LogP contribution in [0.15, 0.2) is 267 Å². The highest BCUT2D eigenvalue weighted by Crippen LogP contribution is 2.67. The summed E-state index contributed by atoms with van der Waals surface area (Å²) in [6.45, 7) is 0. The van der Waals surface area contributed by atoms with E-state index in [0.717, 1.165) is 61.7 Å². The van der Waals surface area contributed by atoms with Crippen LogP contribution >= 0.6 is 0 Å². The van der Waals surface area contributed by atoms with Crippen LogP contribution in [0.5, 0.6) is 11.5 Å². The van der Waals surface area contributed by atoms with Gasteiger partial charge in [-0.15, -0.1) is 0 Å². The second-order valence-corrected chi connectivity index (χ2v) is 19.4. The van der Waals surface area contributed by atoms with E-state index in [-0.39, 0.29) is 0 Å². The lowest BCUT2D eigenvalue weighted by molar-refractivity contribution is 0.429. The van der Waals surface area contributed by atoms with E-state index in [2.05, 4.69) is 261 Å². The Balaban J connectivity index is 0.903. The zero-order valence-electron chi connectivity index (χ0n) is 39.7. The fourth-order valence-corrected chi connectivity index (χ4v) is 13.0. The Morgan fingerprint density at radius 1 is 0.260 bits per heavy atom. The Morgan fingerprint density at radius 3 is 1.32 bits per heavy atom. The van der Waals surface area contributed by atoms with Gasteiger partial charge >= 0.3 is 0 Å². The van der Waals surface area contributed by atoms with E-state index in [1.165, 1.54) is 66.6 Å². The van der Waals surface area contributed by atoms with Gasteiger partial charge in [-0.05, 0) is 95.7 Å². The number of fused-ring (bicyclic) bond motifs is 16. The molecule has 1 aliphatic heterocycles. The largest absolute Gasteiger partial charge is 0.457 e. The third-order valence-electron chi connectivity index (χ3n) is 15.9. The Morgan fingerprint density at radius 2 is 0.685 bits per heavy atom. The van der Waals surface area contributed by atoms with Crippen LogP contribution in [0.3, 0.4) is 0 Å². The summed E-state index contributed by atoms with van der Waals surface area (Å²) >= 11 is 0. The molecule has 0 unspecified atom stereocenters. The van der Waals surface area contributed by atoms with Crippen LogP contribution < -0.4 is 4.74 Å². The molecule has 2 spiro atoms. The molecule has 73 heavy (non-hydrogen) atoms. The monoisotopic (exact) mass is 928 g/mol. The molecule has 0 fully saturated rings. The van der Waals surface area contributed by atoms with Gasteiger partial charge in [0.1, 0.15) is 11.5 Å². The van der Waals surface area contributed by atoms with Gasteiger partial charge in [0, 0.05) is 27.8 Å². The lowest BCUT2D eigenvalue weighted by atomic mass is 9.51. The number of aromatic nitrogens is 2. The molecule has 0 radical (unpaired) electrons. The van der Waals surface area contributed by atoms with E-state index in [1.807, 2.05) is 6.07 Å². The van der Waals surface area contributed by atoms with E-state index < -0.39 is 10.8 Å². The van der Waals surface area contributed by atoms with Gasteiger partial charge < -0.3 is 4.74 Å². The highest BCUT2D eigenvalue weighted by atomic mass is 16.5. The molecule has 2 aliphatic carbocycles. The van der Waals surface area contributed by atoms with Crippen molar-refractivity contribution in [2.75, 3.05) is 0 Å². The van der Waals surface area contributed by atoms with Gasteiger partial charge in [-0.25, -0.2) is 9.97 Å². The van der Waals surface area contributed by atoms with Crippen LogP contribution in [0.25, 0.3) is 78.1 Å². The zero-order valence-corrected chi connectivity index (χ0v) is 39.7. The smallest absolute Gasteiger partial charge is 0.160 e. The first-order chi connectivity index (χ1) is 36.2. The van der Waals surface area contributed by atoms with Crippen molar-refractivity contribution in [3.05, 3.63) is 311 Å². The summed E-state index contributed by atoms with van der Waals surface area (Å²) in [5.74, 6) is 2.46. The van der Waals surface area contributed by atoms with Crippen molar-refractivity contribution < 1.29 is 4.74 Å². The second kappa shape index (κ2) is 16.0. The van der Waals surface area contributed by atoms with Crippen LogP contribution in [0, 0.1) is 0 Å². The molecule has 0 amide bonds. The molecule has 12 aromatic rings. The number of nitrogens with zero attached hydrogens (tertiary/aromatic N) is 2. The molecule has 3 nitrogen and oxygen atoms in total. The summed E-state index contributed by atoms with van der Waals surface area (Å²) in [6.07, 6.45) is 0. The van der Waals surface area contributed by atoms with Crippen molar-refractivity contribution in [2.24, 2.45) is 0 Å². The summed E-state index contributed by atoms with van der Waals surface area (Å²) in [5, 5.41) is 2.34. The van der Waals surface area contributed by atoms with Crippen LogP contribution in [0.4, 0.5) is 0 Å². The quantitative estimate of drug-likeness (QED) is 0.172. The maximum absolute atomic E-state index is 6.74. The number of hydrogen-bond donors (Lipinski definition) is 0. The lowest BCUT2D eigenvalue weighted by Gasteiger charge is -2.51. The molecule has 11 aromatic carbocycles. The Kier molecular flexibility index (Phi) is 9.09. The number of hydrogen-bond acceptors (Lipinski definition) is 3. The zero-order chi connectivity index (χ0) is 48.1. The highest BCUT2D eigenvalue weighted by Gasteiger charge is 2.58. The summed E-state index contributed by atoms with van der Waals surface area (Å²) in [6, 6.07) is 97.0. The first-order valence-electron chi connectivity index (χ1n) is 25.1. The Hall–Kier alpha value is -9.44. The van der Waals surface area contributed by atoms with Gasteiger partial charge in [0.05, 0.1) is 22.2 Å². The summed E-state index contributed by atoms with van der Waals surface area (Å²) in [7, 11) is 0. The van der Waals surface area contributed by atoms with Crippen molar-refractivity contribution in [3.63, 3.8) is 0 Å². The molecular formula is C70H44N2O. The molecule has 15 rings (SSSR count). The SMILES string of the molecule is c1ccc(-c2cc(-c3ccc(-c4ccccc4)c4ccccc34)nc(-c3ccc(-c4cccc5c4-c4ccccc4C54c5ccccc5C5(c6ccccc6Oc6ccccc65)c5ccccc54)cc3)n2)cc1. The van der Waals surface area contributed by atoms with Crippen LogP contribution in [0.2, 0.25) is 0 Å². The predicted molar refractivity (Wildman–Crippen MR) is 296 cm³/mol. The number of rotatable bonds is 5. The number of benzene rings is 11. The molecule has 0 N–H and O–H groups in total. The normalized spacial score (nSPS) is 13.8.